The van der Waals surface area contributed by atoms with Crippen molar-refractivity contribution in [3.8, 4) is 11.5 Å². The zero-order valence-electron chi connectivity index (χ0n) is 11.6. The first-order valence-corrected chi connectivity index (χ1v) is 7.08. The molecule has 102 valence electrons. The molecule has 1 aliphatic carbocycles. The minimum Gasteiger partial charge on any atom is -0.457 e. The molecule has 0 unspecified atom stereocenters. The first kappa shape index (κ1) is 12.9. The van der Waals surface area contributed by atoms with Crippen LogP contribution in [0.4, 0.5) is 0 Å². The van der Waals surface area contributed by atoms with Crippen molar-refractivity contribution in [1.29, 1.82) is 0 Å². The number of ether oxygens (including phenoxy) is 1. The molecule has 0 radical (unpaired) electrons. The zero-order chi connectivity index (χ0) is 13.9. The molecular formula is C18H18O2. The van der Waals surface area contributed by atoms with Gasteiger partial charge in [-0.15, -0.1) is 0 Å². The van der Waals surface area contributed by atoms with Crippen LogP contribution in [0.15, 0.2) is 48.5 Å². The highest BCUT2D eigenvalue weighted by molar-refractivity contribution is 5.94. The smallest absolute Gasteiger partial charge is 0.159 e. The average Bonchev–Trinajstić information content (AvgIpc) is 3.25. The second kappa shape index (κ2) is 5.49. The number of rotatable bonds is 5. The van der Waals surface area contributed by atoms with Crippen molar-refractivity contribution < 1.29 is 9.53 Å². The van der Waals surface area contributed by atoms with Gasteiger partial charge in [0, 0.05) is 5.56 Å². The number of hydrogen-bond donors (Lipinski definition) is 0. The Bertz CT molecular complexity index is 610. The third-order valence-corrected chi connectivity index (χ3v) is 3.62. The van der Waals surface area contributed by atoms with Crippen LogP contribution >= 0.6 is 0 Å². The van der Waals surface area contributed by atoms with Crippen LogP contribution in [0.2, 0.25) is 0 Å². The zero-order valence-corrected chi connectivity index (χ0v) is 11.6. The van der Waals surface area contributed by atoms with E-state index in [1.807, 2.05) is 24.3 Å². The molecule has 1 aliphatic rings. The molecule has 2 heteroatoms. The summed E-state index contributed by atoms with van der Waals surface area (Å²) in [5.74, 6) is 2.46. The van der Waals surface area contributed by atoms with Gasteiger partial charge in [-0.05, 0) is 61.9 Å². The summed E-state index contributed by atoms with van der Waals surface area (Å²) < 4.78 is 5.79. The van der Waals surface area contributed by atoms with E-state index in [9.17, 15) is 4.79 Å². The van der Waals surface area contributed by atoms with Gasteiger partial charge < -0.3 is 4.74 Å². The minimum absolute atomic E-state index is 0.0511. The highest BCUT2D eigenvalue weighted by Gasteiger charge is 2.21. The highest BCUT2D eigenvalue weighted by Crippen LogP contribution is 2.33. The number of benzene rings is 2. The lowest BCUT2D eigenvalue weighted by Crippen LogP contribution is -1.93. The average molecular weight is 266 g/mol. The lowest BCUT2D eigenvalue weighted by Gasteiger charge is -2.07. The Balaban J connectivity index is 1.70. The molecular weight excluding hydrogens is 248 g/mol. The third-order valence-electron chi connectivity index (χ3n) is 3.62. The lowest BCUT2D eigenvalue weighted by atomic mass is 10.1. The topological polar surface area (TPSA) is 26.3 Å². The van der Waals surface area contributed by atoms with Crippen molar-refractivity contribution in [1.82, 2.24) is 0 Å². The summed E-state index contributed by atoms with van der Waals surface area (Å²) in [5, 5.41) is 0. The monoisotopic (exact) mass is 266 g/mol. The van der Waals surface area contributed by atoms with Crippen molar-refractivity contribution in [2.75, 3.05) is 0 Å². The van der Waals surface area contributed by atoms with Crippen molar-refractivity contribution in [3.63, 3.8) is 0 Å². The SMILES string of the molecule is CC(=O)c1cccc(Oc2ccc(CC3CC3)cc2)c1. The molecule has 0 N–H and O–H groups in total. The number of carbonyl (C=O) groups is 1. The van der Waals surface area contributed by atoms with E-state index < -0.39 is 0 Å². The van der Waals surface area contributed by atoms with Crippen LogP contribution in [-0.2, 0) is 6.42 Å². The molecule has 0 aromatic heterocycles. The quantitative estimate of drug-likeness (QED) is 0.737. The Labute approximate surface area is 119 Å². The van der Waals surface area contributed by atoms with Crippen LogP contribution in [0.3, 0.4) is 0 Å². The Kier molecular flexibility index (Phi) is 3.55. The van der Waals surface area contributed by atoms with Gasteiger partial charge in [-0.25, -0.2) is 0 Å². The van der Waals surface area contributed by atoms with Crippen molar-refractivity contribution in [2.45, 2.75) is 26.2 Å². The van der Waals surface area contributed by atoms with Crippen LogP contribution in [0.5, 0.6) is 11.5 Å². The molecule has 0 bridgehead atoms. The van der Waals surface area contributed by atoms with Crippen molar-refractivity contribution in [3.05, 3.63) is 59.7 Å². The molecule has 0 aliphatic heterocycles. The van der Waals surface area contributed by atoms with Gasteiger partial charge in [-0.3, -0.25) is 4.79 Å². The summed E-state index contributed by atoms with van der Waals surface area (Å²) in [5.41, 5.74) is 2.05. The molecule has 0 saturated heterocycles. The maximum Gasteiger partial charge on any atom is 0.159 e. The second-order valence-corrected chi connectivity index (χ2v) is 5.48. The fraction of sp³-hybridized carbons (Fsp3) is 0.278. The fourth-order valence-electron chi connectivity index (χ4n) is 2.26. The fourth-order valence-corrected chi connectivity index (χ4v) is 2.26. The molecule has 2 aromatic carbocycles. The number of ketones is 1. The van der Waals surface area contributed by atoms with Gasteiger partial charge in [0.1, 0.15) is 11.5 Å². The van der Waals surface area contributed by atoms with E-state index in [2.05, 4.69) is 12.1 Å². The third kappa shape index (κ3) is 3.27. The van der Waals surface area contributed by atoms with E-state index in [0.717, 1.165) is 11.7 Å². The van der Waals surface area contributed by atoms with E-state index in [1.54, 1.807) is 19.1 Å². The predicted molar refractivity (Wildman–Crippen MR) is 79.4 cm³/mol. The first-order chi connectivity index (χ1) is 9.70. The van der Waals surface area contributed by atoms with Crippen LogP contribution in [-0.4, -0.2) is 5.78 Å². The number of Topliss-reactive ketones (excluding diaryl/α,β-unsaturated/α-hetero) is 1. The van der Waals surface area contributed by atoms with E-state index in [1.165, 1.54) is 24.8 Å². The summed E-state index contributed by atoms with van der Waals surface area (Å²) >= 11 is 0. The minimum atomic E-state index is 0.0511. The molecule has 20 heavy (non-hydrogen) atoms. The van der Waals surface area contributed by atoms with E-state index in [4.69, 9.17) is 4.74 Å². The summed E-state index contributed by atoms with van der Waals surface area (Å²) in [6, 6.07) is 15.5. The van der Waals surface area contributed by atoms with Gasteiger partial charge >= 0.3 is 0 Å². The summed E-state index contributed by atoms with van der Waals surface area (Å²) in [4.78, 5) is 11.3. The molecule has 2 aromatic rings. The highest BCUT2D eigenvalue weighted by atomic mass is 16.5. The molecule has 0 heterocycles. The largest absolute Gasteiger partial charge is 0.457 e. The Hall–Kier alpha value is -2.09. The van der Waals surface area contributed by atoms with E-state index in [-0.39, 0.29) is 5.78 Å². The standard InChI is InChI=1S/C18H18O2/c1-13(19)16-3-2-4-18(12-16)20-17-9-7-15(8-10-17)11-14-5-6-14/h2-4,7-10,12,14H,5-6,11H2,1H3. The maximum atomic E-state index is 11.3. The Morgan fingerprint density at radius 3 is 2.50 bits per heavy atom. The summed E-state index contributed by atoms with van der Waals surface area (Å²) in [6.07, 6.45) is 3.92. The number of carbonyl (C=O) groups excluding carboxylic acids is 1. The van der Waals surface area contributed by atoms with Crippen LogP contribution in [0.25, 0.3) is 0 Å². The summed E-state index contributed by atoms with van der Waals surface area (Å²) in [7, 11) is 0. The van der Waals surface area contributed by atoms with Crippen LogP contribution in [0, 0.1) is 5.92 Å². The van der Waals surface area contributed by atoms with E-state index in [0.29, 0.717) is 11.3 Å². The molecule has 2 nitrogen and oxygen atoms in total. The molecule has 3 rings (SSSR count). The Morgan fingerprint density at radius 2 is 1.85 bits per heavy atom. The molecule has 0 spiro atoms. The van der Waals surface area contributed by atoms with Crippen molar-refractivity contribution in [2.24, 2.45) is 5.92 Å². The first-order valence-electron chi connectivity index (χ1n) is 7.08. The van der Waals surface area contributed by atoms with Gasteiger partial charge in [-0.2, -0.15) is 0 Å². The maximum absolute atomic E-state index is 11.3. The van der Waals surface area contributed by atoms with Crippen LogP contribution in [0.1, 0.15) is 35.7 Å². The second-order valence-electron chi connectivity index (χ2n) is 5.48. The molecule has 0 atom stereocenters. The van der Waals surface area contributed by atoms with Crippen LogP contribution < -0.4 is 4.74 Å². The Morgan fingerprint density at radius 1 is 1.10 bits per heavy atom. The predicted octanol–water partition coefficient (Wildman–Crippen LogP) is 4.63. The molecule has 1 saturated carbocycles. The van der Waals surface area contributed by atoms with Gasteiger partial charge in [0.2, 0.25) is 0 Å². The molecule has 0 amide bonds. The van der Waals surface area contributed by atoms with Gasteiger partial charge in [0.25, 0.3) is 0 Å². The summed E-state index contributed by atoms with van der Waals surface area (Å²) in [6.45, 7) is 1.56. The van der Waals surface area contributed by atoms with E-state index >= 15 is 0 Å². The van der Waals surface area contributed by atoms with Crippen molar-refractivity contribution >= 4 is 5.78 Å². The molecule has 1 fully saturated rings. The van der Waals surface area contributed by atoms with Gasteiger partial charge in [0.05, 0.1) is 0 Å². The number of hydrogen-bond acceptors (Lipinski definition) is 2. The van der Waals surface area contributed by atoms with Gasteiger partial charge in [0.15, 0.2) is 5.78 Å². The normalized spacial score (nSPS) is 14.1. The van der Waals surface area contributed by atoms with Gasteiger partial charge in [-0.1, -0.05) is 24.3 Å². The lowest BCUT2D eigenvalue weighted by molar-refractivity contribution is 0.101.